The second-order valence-electron chi connectivity index (χ2n) is 4.31. The van der Waals surface area contributed by atoms with Crippen molar-refractivity contribution in [2.24, 2.45) is 5.92 Å². The second kappa shape index (κ2) is 7.80. The topological polar surface area (TPSA) is 24.9 Å². The van der Waals surface area contributed by atoms with E-state index in [-0.39, 0.29) is 0 Å². The molecule has 0 bridgehead atoms. The van der Waals surface area contributed by atoms with Gasteiger partial charge in [-0.05, 0) is 25.3 Å². The van der Waals surface area contributed by atoms with Gasteiger partial charge in [0.15, 0.2) is 0 Å². The third-order valence-corrected chi connectivity index (χ3v) is 3.98. The predicted molar refractivity (Wildman–Crippen MR) is 72.0 cm³/mol. The Morgan fingerprint density at radius 3 is 2.56 bits per heavy atom. The van der Waals surface area contributed by atoms with Crippen molar-refractivity contribution in [3.05, 3.63) is 16.6 Å². The number of nitrogens with zero attached hydrogens (tertiary/aromatic N) is 1. The Kier molecular flexibility index (Phi) is 6.65. The molecule has 0 radical (unpaired) electrons. The highest BCUT2D eigenvalue weighted by Crippen LogP contribution is 2.19. The molecular formula is C13H24N2S. The normalized spacial score (nSPS) is 13.2. The molecule has 0 spiro atoms. The maximum Gasteiger partial charge on any atom is 0.0794 e. The van der Waals surface area contributed by atoms with Gasteiger partial charge in [0.2, 0.25) is 0 Å². The van der Waals surface area contributed by atoms with Crippen LogP contribution in [0.1, 0.15) is 44.9 Å². The first-order valence-electron chi connectivity index (χ1n) is 6.42. The molecule has 1 unspecified atom stereocenters. The van der Waals surface area contributed by atoms with Crippen molar-refractivity contribution >= 4 is 11.3 Å². The summed E-state index contributed by atoms with van der Waals surface area (Å²) in [7, 11) is 0. The first kappa shape index (κ1) is 13.7. The summed E-state index contributed by atoms with van der Waals surface area (Å²) in [6, 6.07) is 0.621. The van der Waals surface area contributed by atoms with Crippen LogP contribution in [0.5, 0.6) is 0 Å². The molecular weight excluding hydrogens is 216 g/mol. The summed E-state index contributed by atoms with van der Waals surface area (Å²) in [6.07, 6.45) is 6.87. The SMILES string of the molecule is CCCNC(Cc1cncs1)C(CC)CC. The third-order valence-electron chi connectivity index (χ3n) is 3.18. The fourth-order valence-corrected chi connectivity index (χ4v) is 2.81. The van der Waals surface area contributed by atoms with E-state index in [0.29, 0.717) is 6.04 Å². The molecule has 1 heterocycles. The summed E-state index contributed by atoms with van der Waals surface area (Å²) in [4.78, 5) is 5.56. The number of rotatable bonds is 8. The lowest BCUT2D eigenvalue weighted by Crippen LogP contribution is -2.38. The van der Waals surface area contributed by atoms with E-state index in [9.17, 15) is 0 Å². The van der Waals surface area contributed by atoms with Crippen LogP contribution in [0.4, 0.5) is 0 Å². The van der Waals surface area contributed by atoms with Crippen LogP contribution in [-0.2, 0) is 6.42 Å². The maximum absolute atomic E-state index is 4.16. The van der Waals surface area contributed by atoms with Crippen LogP contribution in [0, 0.1) is 5.92 Å². The van der Waals surface area contributed by atoms with Gasteiger partial charge in [0.25, 0.3) is 0 Å². The highest BCUT2D eigenvalue weighted by molar-refractivity contribution is 7.09. The van der Waals surface area contributed by atoms with Crippen LogP contribution in [0.15, 0.2) is 11.7 Å². The fourth-order valence-electron chi connectivity index (χ4n) is 2.15. The average Bonchev–Trinajstić information content (AvgIpc) is 2.80. The quantitative estimate of drug-likeness (QED) is 0.752. The van der Waals surface area contributed by atoms with Crippen molar-refractivity contribution < 1.29 is 0 Å². The molecule has 0 saturated carbocycles. The van der Waals surface area contributed by atoms with Crippen LogP contribution < -0.4 is 5.32 Å². The summed E-state index contributed by atoms with van der Waals surface area (Å²) >= 11 is 1.77. The fraction of sp³-hybridized carbons (Fsp3) is 0.769. The van der Waals surface area contributed by atoms with Gasteiger partial charge in [-0.2, -0.15) is 0 Å². The minimum Gasteiger partial charge on any atom is -0.313 e. The van der Waals surface area contributed by atoms with Crippen molar-refractivity contribution in [2.45, 2.75) is 52.5 Å². The summed E-state index contributed by atoms with van der Waals surface area (Å²) in [5, 5.41) is 3.69. The van der Waals surface area contributed by atoms with Gasteiger partial charge < -0.3 is 5.32 Å². The summed E-state index contributed by atoms with van der Waals surface area (Å²) in [6.45, 7) is 7.94. The highest BCUT2D eigenvalue weighted by Gasteiger charge is 2.18. The minimum atomic E-state index is 0.621. The second-order valence-corrected chi connectivity index (χ2v) is 5.28. The third kappa shape index (κ3) is 4.22. The van der Waals surface area contributed by atoms with Gasteiger partial charge >= 0.3 is 0 Å². The number of aromatic nitrogens is 1. The zero-order chi connectivity index (χ0) is 11.8. The van der Waals surface area contributed by atoms with Crippen LogP contribution in [0.3, 0.4) is 0 Å². The monoisotopic (exact) mass is 240 g/mol. The molecule has 0 amide bonds. The van der Waals surface area contributed by atoms with Crippen LogP contribution in [-0.4, -0.2) is 17.6 Å². The van der Waals surface area contributed by atoms with E-state index >= 15 is 0 Å². The standard InChI is InChI=1S/C13H24N2S/c1-4-7-15-13(11(5-2)6-3)8-12-9-14-10-16-12/h9-11,13,15H,4-8H2,1-3H3. The molecule has 16 heavy (non-hydrogen) atoms. The summed E-state index contributed by atoms with van der Waals surface area (Å²) < 4.78 is 0. The smallest absolute Gasteiger partial charge is 0.0794 e. The number of nitrogens with one attached hydrogen (secondary N) is 1. The van der Waals surface area contributed by atoms with Gasteiger partial charge in [0.05, 0.1) is 5.51 Å². The zero-order valence-electron chi connectivity index (χ0n) is 10.7. The lowest BCUT2D eigenvalue weighted by atomic mass is 9.91. The van der Waals surface area contributed by atoms with Crippen LogP contribution in [0.2, 0.25) is 0 Å². The van der Waals surface area contributed by atoms with Crippen molar-refractivity contribution in [3.63, 3.8) is 0 Å². The molecule has 3 heteroatoms. The molecule has 2 nitrogen and oxygen atoms in total. The Morgan fingerprint density at radius 2 is 2.06 bits per heavy atom. The van der Waals surface area contributed by atoms with Crippen LogP contribution >= 0.6 is 11.3 Å². The molecule has 0 aliphatic carbocycles. The van der Waals surface area contributed by atoms with Gasteiger partial charge in [0.1, 0.15) is 0 Å². The molecule has 1 aromatic rings. The Bertz CT molecular complexity index is 255. The Morgan fingerprint density at radius 1 is 1.31 bits per heavy atom. The molecule has 92 valence electrons. The van der Waals surface area contributed by atoms with E-state index in [4.69, 9.17) is 0 Å². The van der Waals surface area contributed by atoms with E-state index in [1.54, 1.807) is 11.3 Å². The van der Waals surface area contributed by atoms with Gasteiger partial charge in [-0.25, -0.2) is 0 Å². The van der Waals surface area contributed by atoms with E-state index in [1.807, 2.05) is 11.7 Å². The summed E-state index contributed by atoms with van der Waals surface area (Å²) in [5.41, 5.74) is 1.93. The Hall–Kier alpha value is -0.410. The molecule has 1 atom stereocenters. The minimum absolute atomic E-state index is 0.621. The molecule has 1 rings (SSSR count). The first-order chi connectivity index (χ1) is 7.81. The lowest BCUT2D eigenvalue weighted by molar-refractivity contribution is 0.333. The highest BCUT2D eigenvalue weighted by atomic mass is 32.1. The van der Waals surface area contributed by atoms with Gasteiger partial charge in [-0.15, -0.1) is 11.3 Å². The van der Waals surface area contributed by atoms with Crippen molar-refractivity contribution in [2.75, 3.05) is 6.54 Å². The van der Waals surface area contributed by atoms with Crippen molar-refractivity contribution in [1.82, 2.24) is 10.3 Å². The number of hydrogen-bond acceptors (Lipinski definition) is 3. The largest absolute Gasteiger partial charge is 0.313 e. The molecule has 1 N–H and O–H groups in total. The van der Waals surface area contributed by atoms with Gasteiger partial charge in [-0.3, -0.25) is 4.98 Å². The molecule has 0 aliphatic rings. The predicted octanol–water partition coefficient (Wildman–Crippen LogP) is 3.49. The lowest BCUT2D eigenvalue weighted by Gasteiger charge is -2.26. The molecule has 0 fully saturated rings. The van der Waals surface area contributed by atoms with Crippen molar-refractivity contribution in [3.8, 4) is 0 Å². The van der Waals surface area contributed by atoms with Gasteiger partial charge in [-0.1, -0.05) is 33.6 Å². The van der Waals surface area contributed by atoms with E-state index in [1.165, 1.54) is 24.1 Å². The van der Waals surface area contributed by atoms with E-state index in [0.717, 1.165) is 18.9 Å². The first-order valence-corrected chi connectivity index (χ1v) is 7.30. The number of thiazole rings is 1. The molecule has 0 aliphatic heterocycles. The average molecular weight is 240 g/mol. The Balaban J connectivity index is 2.55. The van der Waals surface area contributed by atoms with Crippen molar-refractivity contribution in [1.29, 1.82) is 0 Å². The van der Waals surface area contributed by atoms with E-state index < -0.39 is 0 Å². The maximum atomic E-state index is 4.16. The van der Waals surface area contributed by atoms with E-state index in [2.05, 4.69) is 31.1 Å². The zero-order valence-corrected chi connectivity index (χ0v) is 11.5. The van der Waals surface area contributed by atoms with Gasteiger partial charge in [0, 0.05) is 17.1 Å². The summed E-state index contributed by atoms with van der Waals surface area (Å²) in [5.74, 6) is 0.786. The molecule has 1 aromatic heterocycles. The van der Waals surface area contributed by atoms with Crippen LogP contribution in [0.25, 0.3) is 0 Å². The molecule has 0 saturated heterocycles. The Labute approximate surface area is 103 Å². The number of hydrogen-bond donors (Lipinski definition) is 1. The molecule has 0 aromatic carbocycles.